The minimum atomic E-state index is -0.398. The van der Waals surface area contributed by atoms with Crippen molar-refractivity contribution in [2.45, 2.75) is 6.92 Å². The summed E-state index contributed by atoms with van der Waals surface area (Å²) in [4.78, 5) is 25.4. The van der Waals surface area contributed by atoms with Crippen LogP contribution in [-0.2, 0) is 0 Å². The zero-order valence-corrected chi connectivity index (χ0v) is 13.6. The summed E-state index contributed by atoms with van der Waals surface area (Å²) in [6.45, 7) is 6.76. The third kappa shape index (κ3) is 3.86. The lowest BCUT2D eigenvalue weighted by molar-refractivity contribution is 0.102. The zero-order chi connectivity index (χ0) is 16.9. The molecule has 0 atom stereocenters. The van der Waals surface area contributed by atoms with Gasteiger partial charge in [0.15, 0.2) is 0 Å². The first kappa shape index (κ1) is 16.3. The van der Waals surface area contributed by atoms with E-state index in [4.69, 9.17) is 0 Å². The quantitative estimate of drug-likeness (QED) is 0.930. The summed E-state index contributed by atoms with van der Waals surface area (Å²) in [7, 11) is 0. The predicted molar refractivity (Wildman–Crippen MR) is 90.7 cm³/mol. The maximum atomic E-state index is 13.2. The predicted octanol–water partition coefficient (Wildman–Crippen LogP) is 2.01. The summed E-state index contributed by atoms with van der Waals surface area (Å²) in [5.74, 6) is -0.223. The number of rotatable bonds is 4. The topological polar surface area (TPSA) is 61.4 Å². The summed E-state index contributed by atoms with van der Waals surface area (Å²) in [5, 5.41) is 2.65. The lowest BCUT2D eigenvalue weighted by atomic mass is 10.3. The number of carbonyl (C=O) groups is 1. The molecule has 1 aromatic carbocycles. The number of amides is 1. The minimum absolute atomic E-state index is 0.266. The van der Waals surface area contributed by atoms with Crippen LogP contribution in [0, 0.1) is 5.82 Å². The molecule has 1 N–H and O–H groups in total. The fraction of sp³-hybridized carbons (Fsp3) is 0.353. The first-order valence-corrected chi connectivity index (χ1v) is 8.03. The van der Waals surface area contributed by atoms with Crippen LogP contribution < -0.4 is 10.2 Å². The largest absolute Gasteiger partial charge is 0.338 e. The molecular weight excluding hydrogens is 309 g/mol. The van der Waals surface area contributed by atoms with Gasteiger partial charge < -0.3 is 15.1 Å². The zero-order valence-electron chi connectivity index (χ0n) is 13.6. The highest BCUT2D eigenvalue weighted by Gasteiger charge is 2.19. The molecule has 1 fully saturated rings. The van der Waals surface area contributed by atoms with Crippen LogP contribution in [0.1, 0.15) is 17.4 Å². The number of carbonyl (C=O) groups excluding carboxylic acids is 1. The number of benzene rings is 1. The Hall–Kier alpha value is -2.54. The van der Waals surface area contributed by atoms with Gasteiger partial charge in [-0.2, -0.15) is 0 Å². The number of hydrogen-bond donors (Lipinski definition) is 1. The molecule has 0 aliphatic carbocycles. The van der Waals surface area contributed by atoms with Gasteiger partial charge in [-0.05, 0) is 30.8 Å². The maximum absolute atomic E-state index is 13.2. The van der Waals surface area contributed by atoms with Gasteiger partial charge in [-0.1, -0.05) is 13.0 Å². The molecule has 7 heteroatoms. The van der Waals surface area contributed by atoms with Gasteiger partial charge in [-0.15, -0.1) is 0 Å². The van der Waals surface area contributed by atoms with E-state index in [9.17, 15) is 9.18 Å². The Bertz CT molecular complexity index is 716. The van der Waals surface area contributed by atoms with Gasteiger partial charge in [0.1, 0.15) is 11.5 Å². The molecule has 0 radical (unpaired) electrons. The Morgan fingerprint density at radius 2 is 2.04 bits per heavy atom. The van der Waals surface area contributed by atoms with Crippen molar-refractivity contribution in [3.63, 3.8) is 0 Å². The number of aromatic nitrogens is 2. The molecular formula is C17H20FN5O. The molecule has 0 saturated carbocycles. The number of piperazine rings is 1. The monoisotopic (exact) mass is 329 g/mol. The summed E-state index contributed by atoms with van der Waals surface area (Å²) in [6, 6.07) is 7.33. The van der Waals surface area contributed by atoms with Crippen LogP contribution in [0.2, 0.25) is 0 Å². The number of hydrogen-bond acceptors (Lipinski definition) is 5. The van der Waals surface area contributed by atoms with Gasteiger partial charge in [0.05, 0.1) is 0 Å². The Kier molecular flexibility index (Phi) is 5.00. The Morgan fingerprint density at radius 3 is 2.75 bits per heavy atom. The fourth-order valence-electron chi connectivity index (χ4n) is 2.65. The van der Waals surface area contributed by atoms with E-state index in [1.807, 2.05) is 0 Å². The summed E-state index contributed by atoms with van der Waals surface area (Å²) in [5.41, 5.74) is 0.666. The average Bonchev–Trinajstić information content (AvgIpc) is 2.62. The molecule has 1 amide bonds. The van der Waals surface area contributed by atoms with E-state index in [-0.39, 0.29) is 11.6 Å². The lowest BCUT2D eigenvalue weighted by Gasteiger charge is -2.34. The van der Waals surface area contributed by atoms with Gasteiger partial charge in [0, 0.05) is 38.1 Å². The Labute approximate surface area is 140 Å². The molecule has 1 saturated heterocycles. The fourth-order valence-corrected chi connectivity index (χ4v) is 2.65. The number of nitrogens with zero attached hydrogens (tertiary/aromatic N) is 4. The van der Waals surface area contributed by atoms with Gasteiger partial charge >= 0.3 is 0 Å². The van der Waals surface area contributed by atoms with Crippen molar-refractivity contribution in [3.8, 4) is 0 Å². The summed E-state index contributed by atoms with van der Waals surface area (Å²) in [6.07, 6.45) is 1.58. The molecule has 24 heavy (non-hydrogen) atoms. The molecule has 3 rings (SSSR count). The minimum Gasteiger partial charge on any atom is -0.338 e. The summed E-state index contributed by atoms with van der Waals surface area (Å²) >= 11 is 0. The van der Waals surface area contributed by atoms with Crippen LogP contribution in [0.4, 0.5) is 16.0 Å². The molecule has 1 aromatic heterocycles. The van der Waals surface area contributed by atoms with Crippen LogP contribution in [0.25, 0.3) is 0 Å². The summed E-state index contributed by atoms with van der Waals surface area (Å²) < 4.78 is 13.2. The smallest absolute Gasteiger partial charge is 0.274 e. The highest BCUT2D eigenvalue weighted by molar-refractivity contribution is 6.02. The molecule has 126 valence electrons. The second kappa shape index (κ2) is 7.35. The molecule has 2 heterocycles. The normalized spacial score (nSPS) is 15.3. The Morgan fingerprint density at radius 1 is 1.25 bits per heavy atom. The number of likely N-dealkylation sites (N-methyl/N-ethyl adjacent to an activating group) is 1. The average molecular weight is 329 g/mol. The van der Waals surface area contributed by atoms with Crippen molar-refractivity contribution in [2.24, 2.45) is 0 Å². The number of nitrogens with one attached hydrogen (secondary N) is 1. The van der Waals surface area contributed by atoms with E-state index in [0.29, 0.717) is 11.6 Å². The SMILES string of the molecule is CCN1CCN(c2nccc(C(=O)Nc3cccc(F)c3)n2)CC1. The second-order valence-corrected chi connectivity index (χ2v) is 5.63. The van der Waals surface area contributed by atoms with E-state index in [2.05, 4.69) is 32.0 Å². The van der Waals surface area contributed by atoms with Crippen LogP contribution >= 0.6 is 0 Å². The molecule has 1 aliphatic heterocycles. The van der Waals surface area contributed by atoms with E-state index < -0.39 is 5.82 Å². The van der Waals surface area contributed by atoms with Crippen molar-refractivity contribution in [2.75, 3.05) is 42.9 Å². The number of anilines is 2. The van der Waals surface area contributed by atoms with Crippen molar-refractivity contribution in [1.29, 1.82) is 0 Å². The third-order valence-corrected chi connectivity index (χ3v) is 4.06. The van der Waals surface area contributed by atoms with Crippen molar-refractivity contribution >= 4 is 17.5 Å². The first-order valence-electron chi connectivity index (χ1n) is 8.03. The second-order valence-electron chi connectivity index (χ2n) is 5.63. The Balaban J connectivity index is 1.69. The van der Waals surface area contributed by atoms with Crippen molar-refractivity contribution in [1.82, 2.24) is 14.9 Å². The molecule has 6 nitrogen and oxygen atoms in total. The standard InChI is InChI=1S/C17H20FN5O/c1-2-22-8-10-23(11-9-22)17-19-7-6-15(21-17)16(24)20-14-5-3-4-13(18)12-14/h3-7,12H,2,8-11H2,1H3,(H,20,24). The highest BCUT2D eigenvalue weighted by Crippen LogP contribution is 2.13. The van der Waals surface area contributed by atoms with Crippen LogP contribution in [0.15, 0.2) is 36.5 Å². The maximum Gasteiger partial charge on any atom is 0.274 e. The van der Waals surface area contributed by atoms with E-state index in [0.717, 1.165) is 32.7 Å². The molecule has 1 aliphatic rings. The number of halogens is 1. The van der Waals surface area contributed by atoms with Gasteiger partial charge in [-0.3, -0.25) is 4.79 Å². The molecule has 0 unspecified atom stereocenters. The van der Waals surface area contributed by atoms with Crippen molar-refractivity contribution < 1.29 is 9.18 Å². The van der Waals surface area contributed by atoms with Crippen LogP contribution in [0.3, 0.4) is 0 Å². The van der Waals surface area contributed by atoms with Gasteiger partial charge in [-0.25, -0.2) is 14.4 Å². The van der Waals surface area contributed by atoms with Gasteiger partial charge in [0.2, 0.25) is 5.95 Å². The van der Waals surface area contributed by atoms with E-state index >= 15 is 0 Å². The van der Waals surface area contributed by atoms with E-state index in [1.54, 1.807) is 24.4 Å². The third-order valence-electron chi connectivity index (χ3n) is 4.06. The first-order chi connectivity index (χ1) is 11.7. The molecule has 0 spiro atoms. The molecule has 2 aromatic rings. The van der Waals surface area contributed by atoms with Crippen LogP contribution in [-0.4, -0.2) is 53.5 Å². The lowest BCUT2D eigenvalue weighted by Crippen LogP contribution is -2.46. The van der Waals surface area contributed by atoms with Crippen molar-refractivity contribution in [3.05, 3.63) is 48.0 Å². The van der Waals surface area contributed by atoms with E-state index in [1.165, 1.54) is 12.1 Å². The van der Waals surface area contributed by atoms with Gasteiger partial charge in [0.25, 0.3) is 5.91 Å². The molecule has 0 bridgehead atoms. The highest BCUT2D eigenvalue weighted by atomic mass is 19.1. The van der Waals surface area contributed by atoms with Crippen LogP contribution in [0.5, 0.6) is 0 Å².